The molecule has 0 aliphatic heterocycles. The highest BCUT2D eigenvalue weighted by Gasteiger charge is 2.45. The lowest BCUT2D eigenvalue weighted by atomic mass is 9.88. The molecule has 1 aliphatic rings. The fourth-order valence-corrected chi connectivity index (χ4v) is 2.94. The van der Waals surface area contributed by atoms with Crippen molar-refractivity contribution in [1.82, 2.24) is 14.7 Å². The minimum absolute atomic E-state index is 0.190. The normalized spacial score (nSPS) is 19.6. The van der Waals surface area contributed by atoms with Crippen LogP contribution in [-0.2, 0) is 13.6 Å². The van der Waals surface area contributed by atoms with Gasteiger partial charge in [0.15, 0.2) is 0 Å². The standard InChI is InChI=1S/C13H24N4/c1-4-13(10-14,12-5-6-12)16(2)8-11-7-15-17(3)9-11/h7,9,12H,4-6,8,10,14H2,1-3H3. The van der Waals surface area contributed by atoms with Crippen LogP contribution in [0, 0.1) is 5.92 Å². The molecular weight excluding hydrogens is 212 g/mol. The van der Waals surface area contributed by atoms with Crippen molar-refractivity contribution in [3.63, 3.8) is 0 Å². The first-order valence-corrected chi connectivity index (χ1v) is 6.51. The SMILES string of the molecule is CCC(CN)(C1CC1)N(C)Cc1cnn(C)c1. The van der Waals surface area contributed by atoms with Crippen molar-refractivity contribution in [3.8, 4) is 0 Å². The van der Waals surface area contributed by atoms with Crippen LogP contribution in [-0.4, -0.2) is 33.8 Å². The van der Waals surface area contributed by atoms with Crippen molar-refractivity contribution in [3.05, 3.63) is 18.0 Å². The summed E-state index contributed by atoms with van der Waals surface area (Å²) in [5, 5.41) is 4.22. The number of aromatic nitrogens is 2. The smallest absolute Gasteiger partial charge is 0.0534 e. The van der Waals surface area contributed by atoms with Gasteiger partial charge >= 0.3 is 0 Å². The molecule has 4 nitrogen and oxygen atoms in total. The molecule has 1 fully saturated rings. The molecule has 1 saturated carbocycles. The summed E-state index contributed by atoms with van der Waals surface area (Å²) in [4.78, 5) is 2.43. The van der Waals surface area contributed by atoms with Crippen LogP contribution in [0.1, 0.15) is 31.7 Å². The zero-order valence-electron chi connectivity index (χ0n) is 11.2. The second-order valence-corrected chi connectivity index (χ2v) is 5.31. The van der Waals surface area contributed by atoms with Crippen molar-refractivity contribution < 1.29 is 0 Å². The minimum Gasteiger partial charge on any atom is -0.329 e. The first-order valence-electron chi connectivity index (χ1n) is 6.51. The van der Waals surface area contributed by atoms with Gasteiger partial charge in [-0.25, -0.2) is 0 Å². The largest absolute Gasteiger partial charge is 0.329 e. The third-order valence-electron chi connectivity index (χ3n) is 4.24. The number of aryl methyl sites for hydroxylation is 1. The van der Waals surface area contributed by atoms with Crippen LogP contribution in [0.5, 0.6) is 0 Å². The monoisotopic (exact) mass is 236 g/mol. The van der Waals surface area contributed by atoms with E-state index in [4.69, 9.17) is 5.73 Å². The van der Waals surface area contributed by atoms with Gasteiger partial charge in [0.1, 0.15) is 0 Å². The average molecular weight is 236 g/mol. The highest BCUT2D eigenvalue weighted by Crippen LogP contribution is 2.44. The van der Waals surface area contributed by atoms with Gasteiger partial charge < -0.3 is 5.73 Å². The second kappa shape index (κ2) is 4.78. The summed E-state index contributed by atoms with van der Waals surface area (Å²) >= 11 is 0. The van der Waals surface area contributed by atoms with E-state index in [2.05, 4.69) is 30.2 Å². The molecule has 96 valence electrons. The van der Waals surface area contributed by atoms with E-state index < -0.39 is 0 Å². The maximum atomic E-state index is 6.06. The lowest BCUT2D eigenvalue weighted by Crippen LogP contribution is -2.53. The molecule has 1 aliphatic carbocycles. The molecular formula is C13H24N4. The van der Waals surface area contributed by atoms with E-state index in [0.717, 1.165) is 25.4 Å². The molecule has 0 radical (unpaired) electrons. The van der Waals surface area contributed by atoms with Crippen molar-refractivity contribution >= 4 is 0 Å². The van der Waals surface area contributed by atoms with E-state index in [-0.39, 0.29) is 5.54 Å². The Morgan fingerprint density at radius 2 is 2.29 bits per heavy atom. The zero-order valence-corrected chi connectivity index (χ0v) is 11.2. The van der Waals surface area contributed by atoms with E-state index in [1.54, 1.807) is 0 Å². The van der Waals surface area contributed by atoms with Crippen LogP contribution in [0.3, 0.4) is 0 Å². The number of likely N-dealkylation sites (N-methyl/N-ethyl adjacent to an activating group) is 1. The van der Waals surface area contributed by atoms with Crippen molar-refractivity contribution in [2.24, 2.45) is 18.7 Å². The number of nitrogens with two attached hydrogens (primary N) is 1. The maximum absolute atomic E-state index is 6.06. The van der Waals surface area contributed by atoms with Crippen molar-refractivity contribution in [1.29, 1.82) is 0 Å². The summed E-state index contributed by atoms with van der Waals surface area (Å²) in [5.41, 5.74) is 7.51. The van der Waals surface area contributed by atoms with Gasteiger partial charge in [-0.1, -0.05) is 6.92 Å². The van der Waals surface area contributed by atoms with Crippen LogP contribution < -0.4 is 5.73 Å². The van der Waals surface area contributed by atoms with Crippen molar-refractivity contribution in [2.45, 2.75) is 38.3 Å². The van der Waals surface area contributed by atoms with Gasteiger partial charge in [0.2, 0.25) is 0 Å². The number of hydrogen-bond donors (Lipinski definition) is 1. The zero-order chi connectivity index (χ0) is 12.5. The maximum Gasteiger partial charge on any atom is 0.0534 e. The number of rotatable bonds is 6. The van der Waals surface area contributed by atoms with E-state index >= 15 is 0 Å². The summed E-state index contributed by atoms with van der Waals surface area (Å²) in [5.74, 6) is 0.791. The van der Waals surface area contributed by atoms with Crippen LogP contribution in [0.2, 0.25) is 0 Å². The molecule has 2 N–H and O–H groups in total. The van der Waals surface area contributed by atoms with Gasteiger partial charge in [0.05, 0.1) is 6.20 Å². The van der Waals surface area contributed by atoms with Crippen LogP contribution in [0.15, 0.2) is 12.4 Å². The highest BCUT2D eigenvalue weighted by atomic mass is 15.3. The fourth-order valence-electron chi connectivity index (χ4n) is 2.94. The van der Waals surface area contributed by atoms with Crippen LogP contribution >= 0.6 is 0 Å². The number of hydrogen-bond acceptors (Lipinski definition) is 3. The fraction of sp³-hybridized carbons (Fsp3) is 0.769. The summed E-state index contributed by atoms with van der Waals surface area (Å²) < 4.78 is 1.86. The summed E-state index contributed by atoms with van der Waals surface area (Å²) in [6, 6.07) is 0. The summed E-state index contributed by atoms with van der Waals surface area (Å²) in [6.45, 7) is 3.95. The third-order valence-corrected chi connectivity index (χ3v) is 4.24. The molecule has 1 aromatic heterocycles. The Bertz CT molecular complexity index is 363. The summed E-state index contributed by atoms with van der Waals surface area (Å²) in [6.07, 6.45) is 7.83. The van der Waals surface area contributed by atoms with Gasteiger partial charge in [-0.15, -0.1) is 0 Å². The molecule has 0 aromatic carbocycles. The average Bonchev–Trinajstić information content (AvgIpc) is 3.07. The van der Waals surface area contributed by atoms with Crippen LogP contribution in [0.4, 0.5) is 0 Å². The van der Waals surface area contributed by atoms with E-state index in [1.165, 1.54) is 18.4 Å². The first-order chi connectivity index (χ1) is 8.12. The Labute approximate surface area is 104 Å². The predicted octanol–water partition coefficient (Wildman–Crippen LogP) is 1.37. The molecule has 4 heteroatoms. The molecule has 1 atom stereocenters. The van der Waals surface area contributed by atoms with Crippen molar-refractivity contribution in [2.75, 3.05) is 13.6 Å². The molecule has 0 spiro atoms. The highest BCUT2D eigenvalue weighted by molar-refractivity contribution is 5.08. The first kappa shape index (κ1) is 12.6. The Balaban J connectivity index is 2.08. The Morgan fingerprint density at radius 1 is 1.59 bits per heavy atom. The third kappa shape index (κ3) is 2.38. The molecule has 1 aromatic rings. The van der Waals surface area contributed by atoms with Crippen LogP contribution in [0.25, 0.3) is 0 Å². The van der Waals surface area contributed by atoms with E-state index in [1.807, 2.05) is 17.9 Å². The molecule has 0 saturated heterocycles. The second-order valence-electron chi connectivity index (χ2n) is 5.31. The van der Waals surface area contributed by atoms with Gasteiger partial charge in [-0.3, -0.25) is 9.58 Å². The lowest BCUT2D eigenvalue weighted by molar-refractivity contribution is 0.0891. The van der Waals surface area contributed by atoms with E-state index in [9.17, 15) is 0 Å². The van der Waals surface area contributed by atoms with Gasteiger partial charge in [0, 0.05) is 37.4 Å². The quantitative estimate of drug-likeness (QED) is 0.811. The minimum atomic E-state index is 0.190. The topological polar surface area (TPSA) is 47.1 Å². The molecule has 0 amide bonds. The summed E-state index contributed by atoms with van der Waals surface area (Å²) in [7, 11) is 4.15. The van der Waals surface area contributed by atoms with Gasteiger partial charge in [-0.05, 0) is 32.2 Å². The molecule has 17 heavy (non-hydrogen) atoms. The van der Waals surface area contributed by atoms with Gasteiger partial charge in [0.25, 0.3) is 0 Å². The predicted molar refractivity (Wildman–Crippen MR) is 69.5 cm³/mol. The van der Waals surface area contributed by atoms with E-state index in [0.29, 0.717) is 0 Å². The van der Waals surface area contributed by atoms with Gasteiger partial charge in [-0.2, -0.15) is 5.10 Å². The Kier molecular flexibility index (Phi) is 3.54. The lowest BCUT2D eigenvalue weighted by Gasteiger charge is -2.41. The number of nitrogens with zero attached hydrogens (tertiary/aromatic N) is 3. The molecule has 1 heterocycles. The molecule has 0 bridgehead atoms. The molecule has 2 rings (SSSR count). The molecule has 1 unspecified atom stereocenters. The Morgan fingerprint density at radius 3 is 2.71 bits per heavy atom. The Hall–Kier alpha value is -0.870.